The SMILES string of the molecule is C=C(OCC)c1nsnc1Cl.C=CCc1nsnc1Cl.C=Cc1nsnc1Cl.Clc1nsnc1-c1ccco1.Clc1nsnc1C#Cc1ccccc1. The van der Waals surface area contributed by atoms with Gasteiger partial charge in [0, 0.05) is 12.0 Å². The largest absolute Gasteiger partial charge is 0.492 e. The minimum Gasteiger partial charge on any atom is -0.492 e. The number of allylic oxidation sites excluding steroid dienone is 1. The van der Waals surface area contributed by atoms with E-state index in [0.717, 1.165) is 69.9 Å². The van der Waals surface area contributed by atoms with Crippen LogP contribution >= 0.6 is 117 Å². The highest BCUT2D eigenvalue weighted by atomic mass is 35.5. The van der Waals surface area contributed by atoms with Crippen LogP contribution in [0.1, 0.15) is 35.3 Å². The van der Waals surface area contributed by atoms with Crippen molar-refractivity contribution < 1.29 is 9.15 Å². The monoisotopic (exact) mass is 902 g/mol. The number of benzene rings is 1. The number of hydrogen-bond acceptors (Lipinski definition) is 17. The van der Waals surface area contributed by atoms with Crippen molar-refractivity contribution in [2.75, 3.05) is 6.61 Å². The van der Waals surface area contributed by atoms with Crippen molar-refractivity contribution in [3.63, 3.8) is 0 Å². The van der Waals surface area contributed by atoms with E-state index in [1.807, 2.05) is 37.3 Å². The molecule has 0 amide bonds. The van der Waals surface area contributed by atoms with E-state index in [1.54, 1.807) is 30.5 Å². The molecule has 0 atom stereocenters. The summed E-state index contributed by atoms with van der Waals surface area (Å²) in [6.45, 7) is 13.1. The Hall–Kier alpha value is -3.67. The van der Waals surface area contributed by atoms with Gasteiger partial charge in [0.1, 0.15) is 11.5 Å². The van der Waals surface area contributed by atoms with Crippen LogP contribution in [0.5, 0.6) is 0 Å². The second kappa shape index (κ2) is 24.6. The number of furan rings is 1. The van der Waals surface area contributed by atoms with Crippen molar-refractivity contribution in [1.82, 2.24) is 43.7 Å². The van der Waals surface area contributed by atoms with E-state index >= 15 is 0 Å². The standard InChI is InChI=1S/C10H5ClN2S.C6H3ClN2OS.C6H7ClN2OS.C5H5ClN2S.C4H3ClN2S/c11-10-9(12-14-13-10)7-6-8-4-2-1-3-5-8;7-6-5(8-11-9-6)4-2-1-3-10-4;1-3-10-4(2)5-6(7)9-11-8-5;1-2-3-4-5(6)8-9-7-4;1-2-3-4(5)7-8-6-3/h1-5H;1-3H;2-3H2,1H3;2H,1,3H2;2H,1H2. The molecule has 0 fully saturated rings. The van der Waals surface area contributed by atoms with E-state index in [4.69, 9.17) is 67.2 Å². The molecule has 7 rings (SSSR count). The molecule has 0 aliphatic rings. The summed E-state index contributed by atoms with van der Waals surface area (Å²) in [4.78, 5) is 0. The maximum Gasteiger partial charge on any atom is 0.178 e. The Morgan fingerprint density at radius 3 is 1.85 bits per heavy atom. The summed E-state index contributed by atoms with van der Waals surface area (Å²) in [6.07, 6.45) is 5.61. The van der Waals surface area contributed by atoms with Crippen LogP contribution in [-0.2, 0) is 11.2 Å². The van der Waals surface area contributed by atoms with Crippen molar-refractivity contribution >= 4 is 128 Å². The zero-order valence-corrected chi connectivity index (χ0v) is 34.9. The lowest BCUT2D eigenvalue weighted by Gasteiger charge is -2.01. The minimum atomic E-state index is 0.355. The van der Waals surface area contributed by atoms with Gasteiger partial charge in [0.05, 0.1) is 77.2 Å². The Morgan fingerprint density at radius 2 is 1.36 bits per heavy atom. The fourth-order valence-corrected chi connectivity index (χ4v) is 6.59. The molecule has 0 aliphatic carbocycles. The van der Waals surface area contributed by atoms with E-state index in [9.17, 15) is 0 Å². The summed E-state index contributed by atoms with van der Waals surface area (Å²) < 4.78 is 48.6. The normalized spacial score (nSPS) is 9.55. The van der Waals surface area contributed by atoms with Gasteiger partial charge in [0.15, 0.2) is 48.6 Å². The third-order valence-corrected chi connectivity index (χ3v) is 9.86. The molecule has 0 saturated carbocycles. The molecule has 12 nitrogen and oxygen atoms in total. The van der Waals surface area contributed by atoms with Crippen molar-refractivity contribution in [3.8, 4) is 23.3 Å². The highest BCUT2D eigenvalue weighted by Gasteiger charge is 2.10. The van der Waals surface area contributed by atoms with Gasteiger partial charge in [-0.25, -0.2) is 0 Å². The predicted octanol–water partition coefficient (Wildman–Crippen LogP) is 11.0. The molecule has 0 bridgehead atoms. The molecular formula is C31H23Cl5N10O2S5. The van der Waals surface area contributed by atoms with Crippen LogP contribution in [0.2, 0.25) is 25.8 Å². The molecule has 0 radical (unpaired) electrons. The lowest BCUT2D eigenvalue weighted by atomic mass is 10.2. The first-order chi connectivity index (χ1) is 25.7. The molecule has 0 saturated heterocycles. The minimum absolute atomic E-state index is 0.355. The quantitative estimate of drug-likeness (QED) is 0.0850. The summed E-state index contributed by atoms with van der Waals surface area (Å²) in [6, 6.07) is 13.3. The Bertz CT molecular complexity index is 2190. The van der Waals surface area contributed by atoms with E-state index in [0.29, 0.717) is 73.1 Å². The fraction of sp³-hybridized carbons (Fsp3) is 0.0968. The van der Waals surface area contributed by atoms with Crippen molar-refractivity contribution in [1.29, 1.82) is 0 Å². The molecule has 7 aromatic rings. The average molecular weight is 905 g/mol. The van der Waals surface area contributed by atoms with Gasteiger partial charge in [0.2, 0.25) is 0 Å². The van der Waals surface area contributed by atoms with Crippen molar-refractivity contribution in [3.05, 3.63) is 129 Å². The molecule has 1 aromatic carbocycles. The van der Waals surface area contributed by atoms with E-state index in [2.05, 4.69) is 75.3 Å². The summed E-state index contributed by atoms with van der Waals surface area (Å²) in [7, 11) is 0. The van der Waals surface area contributed by atoms with Gasteiger partial charge >= 0.3 is 0 Å². The van der Waals surface area contributed by atoms with Crippen LogP contribution in [0.15, 0.2) is 79.0 Å². The lowest BCUT2D eigenvalue weighted by Crippen LogP contribution is -1.90. The highest BCUT2D eigenvalue weighted by molar-refractivity contribution is 7.00. The second-order valence-electron chi connectivity index (χ2n) is 8.80. The molecule has 0 unspecified atom stereocenters. The van der Waals surface area contributed by atoms with E-state index in [1.165, 1.54) is 0 Å². The summed E-state index contributed by atoms with van der Waals surface area (Å²) in [5.41, 5.74) is 4.12. The third-order valence-electron chi connectivity index (χ3n) is 5.29. The third kappa shape index (κ3) is 15.3. The van der Waals surface area contributed by atoms with Gasteiger partial charge in [0.25, 0.3) is 0 Å². The molecule has 22 heteroatoms. The first-order valence-electron chi connectivity index (χ1n) is 14.2. The maximum atomic E-state index is 5.74. The molecule has 0 N–H and O–H groups in total. The Kier molecular flexibility index (Phi) is 20.3. The first kappa shape index (κ1) is 43.7. The number of rotatable bonds is 7. The van der Waals surface area contributed by atoms with Gasteiger partial charge in [-0.15, -0.1) is 6.58 Å². The van der Waals surface area contributed by atoms with Gasteiger partial charge in [-0.2, -0.15) is 43.7 Å². The molecule has 6 aromatic heterocycles. The van der Waals surface area contributed by atoms with Crippen LogP contribution in [0.4, 0.5) is 0 Å². The molecule has 6 heterocycles. The topological polar surface area (TPSA) is 151 Å². The van der Waals surface area contributed by atoms with Crippen molar-refractivity contribution in [2.24, 2.45) is 0 Å². The smallest absolute Gasteiger partial charge is 0.178 e. The second-order valence-corrected chi connectivity index (χ2v) is 13.2. The number of hydrogen-bond donors (Lipinski definition) is 0. The molecule has 0 aliphatic heterocycles. The van der Waals surface area contributed by atoms with Gasteiger partial charge in [-0.05, 0) is 43.2 Å². The van der Waals surface area contributed by atoms with Crippen LogP contribution < -0.4 is 0 Å². The van der Waals surface area contributed by atoms with Crippen LogP contribution in [-0.4, -0.2) is 50.3 Å². The Labute approximate surface area is 350 Å². The summed E-state index contributed by atoms with van der Waals surface area (Å²) >= 11 is 33.6. The number of nitrogens with zero attached hydrogens (tertiary/aromatic N) is 10. The molecular weight excluding hydrogens is 882 g/mol. The number of halogens is 5. The Morgan fingerprint density at radius 1 is 0.717 bits per heavy atom. The molecule has 0 spiro atoms. The zero-order chi connectivity index (χ0) is 38.4. The van der Waals surface area contributed by atoms with E-state index < -0.39 is 0 Å². The molecule has 274 valence electrons. The maximum absolute atomic E-state index is 5.74. The number of aromatic nitrogens is 10. The summed E-state index contributed by atoms with van der Waals surface area (Å²) in [5, 5.41) is 2.06. The Balaban J connectivity index is 0.000000181. The van der Waals surface area contributed by atoms with Crippen LogP contribution in [0.3, 0.4) is 0 Å². The van der Waals surface area contributed by atoms with Crippen LogP contribution in [0.25, 0.3) is 23.3 Å². The fourth-order valence-electron chi connectivity index (χ4n) is 2.99. The molecule has 53 heavy (non-hydrogen) atoms. The first-order valence-corrected chi connectivity index (χ1v) is 19.8. The van der Waals surface area contributed by atoms with E-state index in [-0.39, 0.29) is 0 Å². The van der Waals surface area contributed by atoms with Crippen LogP contribution in [0, 0.1) is 11.8 Å². The zero-order valence-electron chi connectivity index (χ0n) is 27.0. The number of ether oxygens (including phenoxy) is 1. The van der Waals surface area contributed by atoms with Crippen molar-refractivity contribution in [2.45, 2.75) is 13.3 Å². The van der Waals surface area contributed by atoms with Gasteiger partial charge < -0.3 is 9.15 Å². The summed E-state index contributed by atoms with van der Waals surface area (Å²) in [5.74, 6) is 6.96. The highest BCUT2D eigenvalue weighted by Crippen LogP contribution is 2.25. The average Bonchev–Trinajstić information content (AvgIpc) is 4.02. The lowest BCUT2D eigenvalue weighted by molar-refractivity contribution is 0.298. The predicted molar refractivity (Wildman–Crippen MR) is 219 cm³/mol. The van der Waals surface area contributed by atoms with Gasteiger partial charge in [-0.3, -0.25) is 0 Å². The van der Waals surface area contributed by atoms with Gasteiger partial charge in [-0.1, -0.05) is 101 Å².